The van der Waals surface area contributed by atoms with Crippen molar-refractivity contribution in [3.8, 4) is 0 Å². The molecule has 3 atom stereocenters. The van der Waals surface area contributed by atoms with E-state index in [0.29, 0.717) is 22.3 Å². The van der Waals surface area contributed by atoms with Crippen LogP contribution in [0.1, 0.15) is 71.6 Å². The minimum Gasteiger partial charge on any atom is -0.385 e. The highest BCUT2D eigenvalue weighted by Gasteiger charge is 2.59. The molecule has 2 heteroatoms. The van der Waals surface area contributed by atoms with E-state index in [1.54, 1.807) is 0 Å². The van der Waals surface area contributed by atoms with Gasteiger partial charge in [-0.05, 0) is 87.0 Å². The van der Waals surface area contributed by atoms with Crippen LogP contribution in [0.3, 0.4) is 0 Å². The molecule has 4 aliphatic rings. The highest BCUT2D eigenvalue weighted by molar-refractivity contribution is 5.10. The lowest BCUT2D eigenvalue weighted by molar-refractivity contribution is -0.150. The summed E-state index contributed by atoms with van der Waals surface area (Å²) in [5, 5.41) is 3.61. The lowest BCUT2D eigenvalue weighted by atomic mass is 9.39. The van der Waals surface area contributed by atoms with E-state index >= 15 is 0 Å². The number of nitrogens with one attached hydrogen (secondary N) is 1. The van der Waals surface area contributed by atoms with Gasteiger partial charge in [0.1, 0.15) is 0 Å². The lowest BCUT2D eigenvalue weighted by Gasteiger charge is -2.66. The molecule has 0 heterocycles. The minimum atomic E-state index is 0.643. The van der Waals surface area contributed by atoms with E-state index in [1.165, 1.54) is 57.8 Å². The molecule has 2 nitrogen and oxygen atoms in total. The van der Waals surface area contributed by atoms with E-state index in [-0.39, 0.29) is 0 Å². The number of hydrogen-bond acceptors (Lipinski definition) is 2. The Bertz CT molecular complexity index is 362. The zero-order chi connectivity index (χ0) is 15.1. The number of methoxy groups -OCH3 is 1. The Kier molecular flexibility index (Phi) is 4.16. The third-order valence-electron chi connectivity index (χ3n) is 6.73. The zero-order valence-corrected chi connectivity index (χ0v) is 14.6. The van der Waals surface area contributed by atoms with Gasteiger partial charge in [-0.15, -0.1) is 0 Å². The highest BCUT2D eigenvalue weighted by Crippen LogP contribution is 2.70. The molecular formula is C19H35NO. The van der Waals surface area contributed by atoms with E-state index in [9.17, 15) is 0 Å². The molecular weight excluding hydrogens is 258 g/mol. The van der Waals surface area contributed by atoms with E-state index in [1.807, 2.05) is 7.11 Å². The standard InChI is InChI=1S/C19H35NO/c1-17-8-15-9-18(2,12-17)14-19(10-15,13-17)11-16(20-3)6-5-7-21-4/h15-16,20H,5-14H2,1-4H3. The van der Waals surface area contributed by atoms with Crippen molar-refractivity contribution >= 4 is 0 Å². The Morgan fingerprint density at radius 1 is 1.10 bits per heavy atom. The second kappa shape index (κ2) is 5.53. The van der Waals surface area contributed by atoms with E-state index in [4.69, 9.17) is 4.74 Å². The van der Waals surface area contributed by atoms with Crippen molar-refractivity contribution in [2.45, 2.75) is 77.7 Å². The second-order valence-corrected chi connectivity index (χ2v) is 9.45. The molecule has 0 aliphatic heterocycles. The molecule has 122 valence electrons. The monoisotopic (exact) mass is 293 g/mol. The fourth-order valence-corrected chi connectivity index (χ4v) is 7.26. The zero-order valence-electron chi connectivity index (χ0n) is 14.6. The molecule has 0 spiro atoms. The molecule has 0 aromatic carbocycles. The van der Waals surface area contributed by atoms with Gasteiger partial charge in [0.05, 0.1) is 0 Å². The van der Waals surface area contributed by atoms with Crippen LogP contribution in [-0.4, -0.2) is 26.8 Å². The summed E-state index contributed by atoms with van der Waals surface area (Å²) >= 11 is 0. The average Bonchev–Trinajstić information content (AvgIpc) is 2.33. The average molecular weight is 293 g/mol. The van der Waals surface area contributed by atoms with E-state index in [0.717, 1.165) is 12.5 Å². The molecule has 0 saturated heterocycles. The maximum Gasteiger partial charge on any atom is 0.0462 e. The number of ether oxygens (including phenoxy) is 1. The fourth-order valence-electron chi connectivity index (χ4n) is 7.26. The molecule has 1 N–H and O–H groups in total. The van der Waals surface area contributed by atoms with E-state index in [2.05, 4.69) is 26.2 Å². The molecule has 4 aliphatic carbocycles. The summed E-state index contributed by atoms with van der Waals surface area (Å²) in [4.78, 5) is 0. The van der Waals surface area contributed by atoms with Gasteiger partial charge in [0.25, 0.3) is 0 Å². The van der Waals surface area contributed by atoms with Crippen LogP contribution in [0.2, 0.25) is 0 Å². The van der Waals surface area contributed by atoms with Gasteiger partial charge in [0.2, 0.25) is 0 Å². The molecule has 4 fully saturated rings. The van der Waals surface area contributed by atoms with Gasteiger partial charge in [-0.3, -0.25) is 0 Å². The van der Waals surface area contributed by atoms with Crippen molar-refractivity contribution in [1.82, 2.24) is 5.32 Å². The topological polar surface area (TPSA) is 21.3 Å². The molecule has 4 bridgehead atoms. The Morgan fingerprint density at radius 3 is 2.29 bits per heavy atom. The van der Waals surface area contributed by atoms with Crippen LogP contribution in [0.4, 0.5) is 0 Å². The first-order valence-electron chi connectivity index (χ1n) is 9.06. The highest BCUT2D eigenvalue weighted by atomic mass is 16.5. The number of hydrogen-bond donors (Lipinski definition) is 1. The smallest absolute Gasteiger partial charge is 0.0462 e. The first-order valence-corrected chi connectivity index (χ1v) is 9.06. The summed E-state index contributed by atoms with van der Waals surface area (Å²) in [7, 11) is 3.97. The first-order chi connectivity index (χ1) is 9.90. The van der Waals surface area contributed by atoms with Gasteiger partial charge in [0.15, 0.2) is 0 Å². The van der Waals surface area contributed by atoms with Gasteiger partial charge in [-0.1, -0.05) is 13.8 Å². The van der Waals surface area contributed by atoms with Gasteiger partial charge in [0, 0.05) is 19.8 Å². The Balaban J connectivity index is 1.69. The molecule has 0 aromatic heterocycles. The van der Waals surface area contributed by atoms with Crippen LogP contribution < -0.4 is 5.32 Å². The first kappa shape index (κ1) is 15.8. The predicted molar refractivity (Wildman–Crippen MR) is 88.4 cm³/mol. The molecule has 0 aromatic rings. The van der Waals surface area contributed by atoms with Crippen molar-refractivity contribution in [2.24, 2.45) is 22.2 Å². The summed E-state index contributed by atoms with van der Waals surface area (Å²) in [6, 6.07) is 0.684. The van der Waals surface area contributed by atoms with Crippen LogP contribution in [-0.2, 0) is 4.74 Å². The van der Waals surface area contributed by atoms with Gasteiger partial charge >= 0.3 is 0 Å². The van der Waals surface area contributed by atoms with Crippen molar-refractivity contribution in [3.63, 3.8) is 0 Å². The van der Waals surface area contributed by atoms with Gasteiger partial charge < -0.3 is 10.1 Å². The molecule has 0 amide bonds. The minimum absolute atomic E-state index is 0.643. The fraction of sp³-hybridized carbons (Fsp3) is 1.00. The molecule has 3 unspecified atom stereocenters. The summed E-state index contributed by atoms with van der Waals surface area (Å²) in [6.07, 6.45) is 12.9. The molecule has 4 saturated carbocycles. The summed E-state index contributed by atoms with van der Waals surface area (Å²) in [5.41, 5.74) is 1.95. The normalized spacial score (nSPS) is 46.0. The third-order valence-corrected chi connectivity index (χ3v) is 6.73. The van der Waals surface area contributed by atoms with Crippen LogP contribution >= 0.6 is 0 Å². The van der Waals surface area contributed by atoms with Crippen LogP contribution in [0.25, 0.3) is 0 Å². The summed E-state index contributed by atoms with van der Waals surface area (Å²) < 4.78 is 5.23. The van der Waals surface area contributed by atoms with Crippen molar-refractivity contribution in [2.75, 3.05) is 20.8 Å². The third kappa shape index (κ3) is 3.17. The van der Waals surface area contributed by atoms with E-state index < -0.39 is 0 Å². The predicted octanol–water partition coefficient (Wildman–Crippen LogP) is 4.39. The molecule has 0 radical (unpaired) electrons. The Morgan fingerprint density at radius 2 is 1.76 bits per heavy atom. The Labute approximate surface area is 131 Å². The lowest BCUT2D eigenvalue weighted by Crippen LogP contribution is -2.56. The van der Waals surface area contributed by atoms with Crippen LogP contribution in [0.5, 0.6) is 0 Å². The van der Waals surface area contributed by atoms with Crippen molar-refractivity contribution in [3.05, 3.63) is 0 Å². The van der Waals surface area contributed by atoms with Gasteiger partial charge in [-0.25, -0.2) is 0 Å². The summed E-state index contributed by atoms with van der Waals surface area (Å²) in [5.74, 6) is 1.02. The molecule has 4 rings (SSSR count). The van der Waals surface area contributed by atoms with Crippen LogP contribution in [0.15, 0.2) is 0 Å². The largest absolute Gasteiger partial charge is 0.385 e. The van der Waals surface area contributed by atoms with Crippen LogP contribution in [0, 0.1) is 22.2 Å². The second-order valence-electron chi connectivity index (χ2n) is 9.45. The van der Waals surface area contributed by atoms with Gasteiger partial charge in [-0.2, -0.15) is 0 Å². The quantitative estimate of drug-likeness (QED) is 0.703. The number of rotatable bonds is 7. The Hall–Kier alpha value is -0.0800. The van der Waals surface area contributed by atoms with Crippen molar-refractivity contribution in [1.29, 1.82) is 0 Å². The molecule has 21 heavy (non-hydrogen) atoms. The maximum atomic E-state index is 5.23. The maximum absolute atomic E-state index is 5.23. The van der Waals surface area contributed by atoms with Crippen molar-refractivity contribution < 1.29 is 4.74 Å². The summed E-state index contributed by atoms with van der Waals surface area (Å²) in [6.45, 7) is 6.08. The SMILES string of the molecule is CNC(CCCOC)CC12CC3CC(C)(CC(C)(C3)C1)C2.